The van der Waals surface area contributed by atoms with Gasteiger partial charge in [0, 0.05) is 10.9 Å². The fraction of sp³-hybridized carbons (Fsp3) is 0. The molecule has 0 spiro atoms. The van der Waals surface area contributed by atoms with Crippen molar-refractivity contribution in [3.05, 3.63) is 35.0 Å². The zero-order valence-electron chi connectivity index (χ0n) is 8.58. The second kappa shape index (κ2) is 5.07. The first-order valence-corrected chi connectivity index (χ1v) is 4.89. The van der Waals surface area contributed by atoms with Crippen LogP contribution in [0.15, 0.2) is 24.3 Å². The van der Waals surface area contributed by atoms with Crippen LogP contribution in [0.5, 0.6) is 0 Å². The van der Waals surface area contributed by atoms with Gasteiger partial charge in [0.05, 0.1) is 5.02 Å². The minimum Gasteiger partial charge on any atom is -0.370 e. The maximum Gasteiger partial charge on any atom is 0.275 e. The van der Waals surface area contributed by atoms with E-state index in [9.17, 15) is 4.79 Å². The minimum absolute atomic E-state index is 0. The van der Waals surface area contributed by atoms with Crippen LogP contribution in [0.2, 0.25) is 5.02 Å². The normalized spacial score (nSPS) is 9.71. The average Bonchev–Trinajstić information content (AvgIpc) is 2.56. The highest BCUT2D eigenvalue weighted by molar-refractivity contribution is 6.39. The van der Waals surface area contributed by atoms with E-state index in [2.05, 4.69) is 10.3 Å². The molecule has 0 saturated heterocycles. The van der Waals surface area contributed by atoms with Gasteiger partial charge >= 0.3 is 0 Å². The Morgan fingerprint density at radius 3 is 2.65 bits per heavy atom. The smallest absolute Gasteiger partial charge is 0.275 e. The average molecular weight is 273 g/mol. The lowest BCUT2D eigenvalue weighted by atomic mass is 10.2. The van der Waals surface area contributed by atoms with E-state index in [1.54, 1.807) is 6.07 Å². The maximum absolute atomic E-state index is 11.6. The molecule has 1 amide bonds. The molecule has 0 saturated carbocycles. The summed E-state index contributed by atoms with van der Waals surface area (Å²) in [5.74, 6) is -0.937. The number of H-pyrrole nitrogens is 1. The summed E-state index contributed by atoms with van der Waals surface area (Å²) in [7, 11) is 0. The second-order valence-corrected chi connectivity index (χ2v) is 3.61. The molecule has 90 valence electrons. The number of hydrogen-bond acceptors (Lipinski definition) is 2. The second-order valence-electron chi connectivity index (χ2n) is 3.23. The molecule has 0 aliphatic rings. The van der Waals surface area contributed by atoms with Gasteiger partial charge in [-0.3, -0.25) is 15.5 Å². The lowest BCUT2D eigenvalue weighted by Crippen LogP contribution is -2.35. The van der Waals surface area contributed by atoms with Crippen molar-refractivity contribution in [2.75, 3.05) is 0 Å². The highest BCUT2D eigenvalue weighted by atomic mass is 35.5. The molecule has 0 unspecified atom stereocenters. The Kier molecular flexibility index (Phi) is 3.98. The predicted octanol–water partition coefficient (Wildman–Crippen LogP) is 1.87. The van der Waals surface area contributed by atoms with E-state index in [4.69, 9.17) is 22.7 Å². The van der Waals surface area contributed by atoms with Gasteiger partial charge in [-0.25, -0.2) is 0 Å². The number of fused-ring (bicyclic) bond motifs is 1. The molecule has 17 heavy (non-hydrogen) atoms. The topological polar surface area (TPSA) is 94.8 Å². The van der Waals surface area contributed by atoms with Gasteiger partial charge in [-0.15, -0.1) is 12.4 Å². The van der Waals surface area contributed by atoms with Crippen LogP contribution < -0.4 is 11.1 Å². The Morgan fingerprint density at radius 1 is 1.41 bits per heavy atom. The fourth-order valence-corrected chi connectivity index (χ4v) is 1.75. The molecule has 5 nitrogen and oxygen atoms in total. The summed E-state index contributed by atoms with van der Waals surface area (Å²) in [5, 5.41) is 10.2. The third kappa shape index (κ3) is 2.51. The summed E-state index contributed by atoms with van der Waals surface area (Å²) in [5.41, 5.74) is 6.04. The number of carbonyl (C=O) groups excluding carboxylic acids is 1. The van der Waals surface area contributed by atoms with Crippen molar-refractivity contribution in [3.8, 4) is 0 Å². The van der Waals surface area contributed by atoms with E-state index in [0.29, 0.717) is 5.02 Å². The van der Waals surface area contributed by atoms with Gasteiger partial charge in [-0.1, -0.05) is 29.8 Å². The Hall–Kier alpha value is -1.72. The number of aromatic amines is 1. The zero-order chi connectivity index (χ0) is 11.7. The number of amides is 1. The monoisotopic (exact) mass is 272 g/mol. The van der Waals surface area contributed by atoms with Gasteiger partial charge in [-0.05, 0) is 6.07 Å². The van der Waals surface area contributed by atoms with Gasteiger partial charge in [0.2, 0.25) is 0 Å². The number of nitrogens with one attached hydrogen (secondary N) is 3. The number of benzene rings is 1. The highest BCUT2D eigenvalue weighted by Gasteiger charge is 2.16. The number of para-hydroxylation sites is 1. The molecule has 0 bridgehead atoms. The van der Waals surface area contributed by atoms with Crippen LogP contribution >= 0.6 is 24.0 Å². The van der Waals surface area contributed by atoms with E-state index in [0.717, 1.165) is 10.9 Å². The zero-order valence-corrected chi connectivity index (χ0v) is 10.2. The van der Waals surface area contributed by atoms with Crippen LogP contribution in [0.3, 0.4) is 0 Å². The Labute approximate surface area is 108 Å². The van der Waals surface area contributed by atoms with Crippen molar-refractivity contribution in [1.82, 2.24) is 10.3 Å². The van der Waals surface area contributed by atoms with Gasteiger partial charge in [-0.2, -0.15) is 0 Å². The first-order chi connectivity index (χ1) is 7.59. The molecule has 0 radical (unpaired) electrons. The summed E-state index contributed by atoms with van der Waals surface area (Å²) in [6.07, 6.45) is 0. The number of carbonyl (C=O) groups is 1. The van der Waals surface area contributed by atoms with Crippen LogP contribution in [0.4, 0.5) is 0 Å². The van der Waals surface area contributed by atoms with E-state index < -0.39 is 11.9 Å². The minimum atomic E-state index is -0.520. The van der Waals surface area contributed by atoms with Crippen LogP contribution in [0.25, 0.3) is 10.9 Å². The molecule has 5 N–H and O–H groups in total. The summed E-state index contributed by atoms with van der Waals surface area (Å²) in [4.78, 5) is 14.5. The Balaban J connectivity index is 0.00000144. The van der Waals surface area contributed by atoms with E-state index in [-0.39, 0.29) is 18.1 Å². The van der Waals surface area contributed by atoms with Gasteiger partial charge in [0.15, 0.2) is 5.96 Å². The van der Waals surface area contributed by atoms with Crippen LogP contribution in [0, 0.1) is 5.41 Å². The van der Waals surface area contributed by atoms with Crippen LogP contribution in [0.1, 0.15) is 10.5 Å². The Bertz CT molecular complexity index is 579. The van der Waals surface area contributed by atoms with Crippen LogP contribution in [-0.4, -0.2) is 16.9 Å². The quantitative estimate of drug-likeness (QED) is 0.471. The first-order valence-electron chi connectivity index (χ1n) is 4.51. The first kappa shape index (κ1) is 13.3. The van der Waals surface area contributed by atoms with Gasteiger partial charge < -0.3 is 10.7 Å². The largest absolute Gasteiger partial charge is 0.370 e. The van der Waals surface area contributed by atoms with Crippen molar-refractivity contribution < 1.29 is 4.79 Å². The molecule has 0 atom stereocenters. The molecule has 0 aliphatic carbocycles. The van der Waals surface area contributed by atoms with Crippen molar-refractivity contribution in [2.24, 2.45) is 5.73 Å². The lowest BCUT2D eigenvalue weighted by Gasteiger charge is -1.99. The number of aromatic nitrogens is 1. The molecule has 1 aromatic carbocycles. The summed E-state index contributed by atoms with van der Waals surface area (Å²) in [6.45, 7) is 0. The standard InChI is InChI=1S/C10H9ClN4O.ClH/c11-7-5-3-1-2-4-6(5)14-8(7)9(16)15-10(12)13;/h1-4,14H,(H4,12,13,15,16);1H. The van der Waals surface area contributed by atoms with E-state index in [1.807, 2.05) is 18.2 Å². The SMILES string of the molecule is Cl.N=C(N)NC(=O)c1[nH]c2ccccc2c1Cl. The molecule has 0 fully saturated rings. The van der Waals surface area contributed by atoms with Crippen molar-refractivity contribution in [1.29, 1.82) is 5.41 Å². The highest BCUT2D eigenvalue weighted by Crippen LogP contribution is 2.26. The lowest BCUT2D eigenvalue weighted by molar-refractivity contribution is 0.0972. The fourth-order valence-electron chi connectivity index (χ4n) is 1.45. The number of halogens is 2. The maximum atomic E-state index is 11.6. The van der Waals surface area contributed by atoms with Crippen molar-refractivity contribution >= 4 is 46.8 Å². The molecule has 2 rings (SSSR count). The van der Waals surface area contributed by atoms with E-state index >= 15 is 0 Å². The number of nitrogens with two attached hydrogens (primary N) is 1. The molecule has 1 heterocycles. The Morgan fingerprint density at radius 2 is 2.06 bits per heavy atom. The third-order valence-corrected chi connectivity index (χ3v) is 2.51. The summed E-state index contributed by atoms with van der Waals surface area (Å²) < 4.78 is 0. The van der Waals surface area contributed by atoms with Crippen LogP contribution in [-0.2, 0) is 0 Å². The molecular formula is C10H10Cl2N4O. The van der Waals surface area contributed by atoms with E-state index in [1.165, 1.54) is 0 Å². The number of guanidine groups is 1. The number of rotatable bonds is 1. The molecule has 7 heteroatoms. The predicted molar refractivity (Wildman–Crippen MR) is 69.9 cm³/mol. The number of hydrogen-bond donors (Lipinski definition) is 4. The summed E-state index contributed by atoms with van der Waals surface area (Å²) in [6, 6.07) is 7.28. The van der Waals surface area contributed by atoms with Gasteiger partial charge in [0.1, 0.15) is 5.69 Å². The summed E-state index contributed by atoms with van der Waals surface area (Å²) >= 11 is 6.03. The molecule has 1 aromatic heterocycles. The molecule has 2 aromatic rings. The van der Waals surface area contributed by atoms with Crippen molar-refractivity contribution in [3.63, 3.8) is 0 Å². The third-order valence-electron chi connectivity index (χ3n) is 2.12. The van der Waals surface area contributed by atoms with Gasteiger partial charge in [0.25, 0.3) is 5.91 Å². The van der Waals surface area contributed by atoms with Crippen molar-refractivity contribution in [2.45, 2.75) is 0 Å². The molecule has 0 aliphatic heterocycles. The molecular weight excluding hydrogens is 263 g/mol.